The molecule has 30 heavy (non-hydrogen) atoms. The molecule has 0 bridgehead atoms. The highest BCUT2D eigenvalue weighted by atomic mass is 16.5. The van der Waals surface area contributed by atoms with Crippen LogP contribution < -0.4 is 10.1 Å². The van der Waals surface area contributed by atoms with E-state index in [0.717, 1.165) is 12.8 Å². The standard InChI is InChI=1S/C23H24N4O3/c1-30-19-8-6-17(7-9-19)22(28)25-21-5-3-2-4-20(21)23(29)26-13-10-18(11-14-26)27-15-12-24-16-27/h2-9,12,15-16,18H,10-11,13-14H2,1H3,(H,25,28). The lowest BCUT2D eigenvalue weighted by atomic mass is 10.0. The molecule has 1 N–H and O–H groups in total. The summed E-state index contributed by atoms with van der Waals surface area (Å²) < 4.78 is 7.23. The van der Waals surface area contributed by atoms with Gasteiger partial charge in [0.2, 0.25) is 0 Å². The van der Waals surface area contributed by atoms with Crippen molar-refractivity contribution in [1.82, 2.24) is 14.5 Å². The Balaban J connectivity index is 1.44. The first-order valence-corrected chi connectivity index (χ1v) is 9.97. The first-order valence-electron chi connectivity index (χ1n) is 9.97. The molecule has 1 saturated heterocycles. The number of rotatable bonds is 5. The van der Waals surface area contributed by atoms with Crippen LogP contribution in [0.25, 0.3) is 0 Å². The van der Waals surface area contributed by atoms with E-state index in [9.17, 15) is 9.59 Å². The third kappa shape index (κ3) is 4.20. The number of piperidine rings is 1. The van der Waals surface area contributed by atoms with E-state index in [1.807, 2.05) is 29.6 Å². The van der Waals surface area contributed by atoms with E-state index in [-0.39, 0.29) is 11.8 Å². The molecule has 7 nitrogen and oxygen atoms in total. The van der Waals surface area contributed by atoms with Crippen LogP contribution in [0, 0.1) is 0 Å². The van der Waals surface area contributed by atoms with Crippen LogP contribution in [0.4, 0.5) is 5.69 Å². The molecule has 0 aliphatic carbocycles. The summed E-state index contributed by atoms with van der Waals surface area (Å²) in [6.45, 7) is 1.34. The molecular formula is C23H24N4O3. The Morgan fingerprint density at radius 2 is 1.80 bits per heavy atom. The minimum atomic E-state index is -0.267. The van der Waals surface area contributed by atoms with Gasteiger partial charge in [-0.05, 0) is 49.2 Å². The molecule has 0 radical (unpaired) electrons. The number of imidazole rings is 1. The molecule has 0 saturated carbocycles. The fourth-order valence-corrected chi connectivity index (χ4v) is 3.74. The van der Waals surface area contributed by atoms with Crippen molar-refractivity contribution in [3.8, 4) is 5.75 Å². The number of methoxy groups -OCH3 is 1. The third-order valence-corrected chi connectivity index (χ3v) is 5.46. The molecule has 7 heteroatoms. The van der Waals surface area contributed by atoms with Gasteiger partial charge in [0, 0.05) is 37.1 Å². The van der Waals surface area contributed by atoms with Crippen molar-refractivity contribution in [1.29, 1.82) is 0 Å². The van der Waals surface area contributed by atoms with Crippen LogP contribution in [0.5, 0.6) is 5.75 Å². The Kier molecular flexibility index (Phi) is 5.79. The maximum absolute atomic E-state index is 13.2. The van der Waals surface area contributed by atoms with Crippen molar-refractivity contribution in [3.05, 3.63) is 78.4 Å². The maximum Gasteiger partial charge on any atom is 0.255 e. The molecule has 2 amide bonds. The van der Waals surface area contributed by atoms with Crippen LogP contribution in [0.1, 0.15) is 39.6 Å². The molecule has 0 spiro atoms. The van der Waals surface area contributed by atoms with E-state index in [1.165, 1.54) is 0 Å². The number of aromatic nitrogens is 2. The second kappa shape index (κ2) is 8.82. The Morgan fingerprint density at radius 3 is 2.47 bits per heavy atom. The molecule has 4 rings (SSSR count). The number of hydrogen-bond acceptors (Lipinski definition) is 4. The van der Waals surface area contributed by atoms with Gasteiger partial charge in [-0.25, -0.2) is 4.98 Å². The van der Waals surface area contributed by atoms with Crippen LogP contribution in [0.2, 0.25) is 0 Å². The normalized spacial score (nSPS) is 14.4. The Hall–Kier alpha value is -3.61. The number of nitrogens with zero attached hydrogens (tertiary/aromatic N) is 3. The van der Waals surface area contributed by atoms with E-state index in [0.29, 0.717) is 41.7 Å². The highest BCUT2D eigenvalue weighted by Gasteiger charge is 2.26. The van der Waals surface area contributed by atoms with E-state index < -0.39 is 0 Å². The van der Waals surface area contributed by atoms with Crippen molar-refractivity contribution in [2.45, 2.75) is 18.9 Å². The zero-order valence-electron chi connectivity index (χ0n) is 16.8. The number of carbonyl (C=O) groups excluding carboxylic acids is 2. The first kappa shape index (κ1) is 19.7. The van der Waals surface area contributed by atoms with Gasteiger partial charge in [0.1, 0.15) is 5.75 Å². The summed E-state index contributed by atoms with van der Waals surface area (Å²) in [7, 11) is 1.58. The predicted molar refractivity (Wildman–Crippen MR) is 114 cm³/mol. The van der Waals surface area contributed by atoms with Gasteiger partial charge in [-0.1, -0.05) is 12.1 Å². The van der Waals surface area contributed by atoms with Crippen molar-refractivity contribution in [2.24, 2.45) is 0 Å². The third-order valence-electron chi connectivity index (χ3n) is 5.46. The second-order valence-corrected chi connectivity index (χ2v) is 7.26. The summed E-state index contributed by atoms with van der Waals surface area (Å²) in [5.41, 5.74) is 1.51. The van der Waals surface area contributed by atoms with E-state index in [1.54, 1.807) is 49.7 Å². The first-order chi connectivity index (χ1) is 14.7. The summed E-state index contributed by atoms with van der Waals surface area (Å²) >= 11 is 0. The number of amides is 2. The fraction of sp³-hybridized carbons (Fsp3) is 0.261. The van der Waals surface area contributed by atoms with E-state index in [2.05, 4.69) is 14.9 Å². The van der Waals surface area contributed by atoms with E-state index in [4.69, 9.17) is 4.74 Å². The summed E-state index contributed by atoms with van der Waals surface area (Å²) in [5, 5.41) is 2.88. The number of carbonyl (C=O) groups is 2. The zero-order chi connectivity index (χ0) is 20.9. The molecule has 1 aliphatic heterocycles. The smallest absolute Gasteiger partial charge is 0.255 e. The van der Waals surface area contributed by atoms with Crippen molar-refractivity contribution >= 4 is 17.5 Å². The molecule has 1 fully saturated rings. The van der Waals surface area contributed by atoms with Crippen molar-refractivity contribution in [3.63, 3.8) is 0 Å². The summed E-state index contributed by atoms with van der Waals surface area (Å²) in [5.74, 6) is 0.350. The van der Waals surface area contributed by atoms with Gasteiger partial charge in [-0.3, -0.25) is 9.59 Å². The fourth-order valence-electron chi connectivity index (χ4n) is 3.74. The van der Waals surface area contributed by atoms with Gasteiger partial charge >= 0.3 is 0 Å². The van der Waals surface area contributed by atoms with E-state index >= 15 is 0 Å². The Morgan fingerprint density at radius 1 is 1.07 bits per heavy atom. The lowest BCUT2D eigenvalue weighted by Crippen LogP contribution is -2.39. The van der Waals surface area contributed by atoms with Gasteiger partial charge in [-0.15, -0.1) is 0 Å². The van der Waals surface area contributed by atoms with Gasteiger partial charge in [0.15, 0.2) is 0 Å². The molecule has 2 aromatic carbocycles. The summed E-state index contributed by atoms with van der Waals surface area (Å²) in [4.78, 5) is 31.8. The number of benzene rings is 2. The molecule has 154 valence electrons. The number of para-hydroxylation sites is 1. The van der Waals surface area contributed by atoms with Gasteiger partial charge in [0.05, 0.1) is 24.7 Å². The number of hydrogen-bond donors (Lipinski definition) is 1. The predicted octanol–water partition coefficient (Wildman–Crippen LogP) is 3.62. The van der Waals surface area contributed by atoms with Crippen LogP contribution in [0.3, 0.4) is 0 Å². The molecule has 1 aromatic heterocycles. The topological polar surface area (TPSA) is 76.5 Å². The zero-order valence-corrected chi connectivity index (χ0v) is 16.8. The second-order valence-electron chi connectivity index (χ2n) is 7.26. The summed E-state index contributed by atoms with van der Waals surface area (Å²) in [6.07, 6.45) is 7.32. The van der Waals surface area contributed by atoms with Crippen molar-refractivity contribution < 1.29 is 14.3 Å². The molecular weight excluding hydrogens is 380 g/mol. The Labute approximate surface area is 175 Å². The molecule has 3 aromatic rings. The molecule has 2 heterocycles. The molecule has 0 atom stereocenters. The summed E-state index contributed by atoms with van der Waals surface area (Å²) in [6, 6.07) is 14.4. The maximum atomic E-state index is 13.2. The highest BCUT2D eigenvalue weighted by molar-refractivity contribution is 6.09. The number of nitrogens with one attached hydrogen (secondary N) is 1. The van der Waals surface area contributed by atoms with Gasteiger partial charge in [0.25, 0.3) is 11.8 Å². The SMILES string of the molecule is COc1ccc(C(=O)Nc2ccccc2C(=O)N2CCC(n3ccnc3)CC2)cc1. The van der Waals surface area contributed by atoms with Crippen LogP contribution >= 0.6 is 0 Å². The highest BCUT2D eigenvalue weighted by Crippen LogP contribution is 2.25. The number of likely N-dealkylation sites (tertiary alicyclic amines) is 1. The average molecular weight is 404 g/mol. The largest absolute Gasteiger partial charge is 0.497 e. The van der Waals surface area contributed by atoms with Crippen LogP contribution in [-0.4, -0.2) is 46.5 Å². The Bertz CT molecular complexity index is 1010. The number of ether oxygens (including phenoxy) is 1. The van der Waals surface area contributed by atoms with Crippen LogP contribution in [-0.2, 0) is 0 Å². The molecule has 1 aliphatic rings. The lowest BCUT2D eigenvalue weighted by Gasteiger charge is -2.33. The quantitative estimate of drug-likeness (QED) is 0.705. The minimum Gasteiger partial charge on any atom is -0.497 e. The van der Waals surface area contributed by atoms with Crippen LogP contribution in [0.15, 0.2) is 67.3 Å². The average Bonchev–Trinajstić information content (AvgIpc) is 3.34. The van der Waals surface area contributed by atoms with Gasteiger partial charge in [-0.2, -0.15) is 0 Å². The minimum absolute atomic E-state index is 0.0651. The number of anilines is 1. The van der Waals surface area contributed by atoms with Gasteiger partial charge < -0.3 is 19.5 Å². The lowest BCUT2D eigenvalue weighted by molar-refractivity contribution is 0.0695. The monoisotopic (exact) mass is 404 g/mol. The molecule has 0 unspecified atom stereocenters. The van der Waals surface area contributed by atoms with Crippen molar-refractivity contribution in [2.75, 3.05) is 25.5 Å².